The summed E-state index contributed by atoms with van der Waals surface area (Å²) in [6.07, 6.45) is 2.32. The number of imide groups is 1. The molecule has 1 aromatic carbocycles. The smallest absolute Gasteiger partial charge is 0.325 e. The van der Waals surface area contributed by atoms with Gasteiger partial charge in [-0.15, -0.1) is 11.3 Å². The van der Waals surface area contributed by atoms with Gasteiger partial charge in [0.05, 0.1) is 13.2 Å². The van der Waals surface area contributed by atoms with Gasteiger partial charge in [-0.2, -0.15) is 0 Å². The van der Waals surface area contributed by atoms with Crippen molar-refractivity contribution in [3.8, 4) is 5.75 Å². The highest BCUT2D eigenvalue weighted by Crippen LogP contribution is 2.42. The molecular weight excluding hydrogens is 364 g/mol. The summed E-state index contributed by atoms with van der Waals surface area (Å²) in [5.74, 6) is 0.0706. The average Bonchev–Trinajstić information content (AvgIpc) is 3.23. The van der Waals surface area contributed by atoms with E-state index in [4.69, 9.17) is 4.74 Å². The van der Waals surface area contributed by atoms with Gasteiger partial charge < -0.3 is 10.1 Å². The lowest BCUT2D eigenvalue weighted by Crippen LogP contribution is -2.46. The number of carbonyl (C=O) groups is 3. The number of hydrogen-bond acceptors (Lipinski definition) is 5. The van der Waals surface area contributed by atoms with Crippen LogP contribution in [0.3, 0.4) is 0 Å². The maximum atomic E-state index is 13.1. The number of hydrogen-bond donors (Lipinski definition) is 1. The van der Waals surface area contributed by atoms with Crippen molar-refractivity contribution in [2.24, 2.45) is 0 Å². The summed E-state index contributed by atoms with van der Waals surface area (Å²) < 4.78 is 5.37. The van der Waals surface area contributed by atoms with Crippen LogP contribution in [0.2, 0.25) is 0 Å². The maximum absolute atomic E-state index is 13.1. The van der Waals surface area contributed by atoms with Crippen LogP contribution in [-0.2, 0) is 16.8 Å². The highest BCUT2D eigenvalue weighted by atomic mass is 32.1. The van der Waals surface area contributed by atoms with E-state index in [0.29, 0.717) is 24.3 Å². The number of carbonyl (C=O) groups excluding carboxylic acids is 3. The molecule has 4 rings (SSSR count). The van der Waals surface area contributed by atoms with E-state index < -0.39 is 11.6 Å². The molecule has 1 aromatic heterocycles. The highest BCUT2D eigenvalue weighted by Gasteiger charge is 2.54. The van der Waals surface area contributed by atoms with Crippen LogP contribution in [0.4, 0.5) is 4.79 Å². The van der Waals surface area contributed by atoms with Crippen LogP contribution < -0.4 is 10.1 Å². The number of benzene rings is 1. The normalized spacial score (nSPS) is 21.3. The van der Waals surface area contributed by atoms with Gasteiger partial charge in [0.15, 0.2) is 5.78 Å². The third kappa shape index (κ3) is 2.92. The van der Waals surface area contributed by atoms with Crippen LogP contribution >= 0.6 is 11.3 Å². The number of aryl methyl sites for hydroxylation is 1. The summed E-state index contributed by atoms with van der Waals surface area (Å²) in [6, 6.07) is 8.14. The first-order valence-electron chi connectivity index (χ1n) is 9.02. The van der Waals surface area contributed by atoms with E-state index >= 15 is 0 Å². The molecule has 2 aliphatic rings. The summed E-state index contributed by atoms with van der Waals surface area (Å²) in [5, 5.41) is 4.82. The van der Waals surface area contributed by atoms with Gasteiger partial charge in [-0.3, -0.25) is 14.5 Å². The second kappa shape index (κ2) is 6.81. The van der Waals surface area contributed by atoms with Crippen LogP contribution in [0.15, 0.2) is 35.7 Å². The SMILES string of the molecule is CCOc1ccc(C(=O)CN2C(=O)N[C@@]3(CCCc4sccc43)C2=O)cc1. The molecule has 0 bridgehead atoms. The fraction of sp³-hybridized carbons (Fsp3) is 0.350. The number of ketones is 1. The molecule has 7 heteroatoms. The largest absolute Gasteiger partial charge is 0.494 e. The number of amides is 3. The Morgan fingerprint density at radius 1 is 1.26 bits per heavy atom. The van der Waals surface area contributed by atoms with Crippen LogP contribution in [-0.4, -0.2) is 35.8 Å². The minimum absolute atomic E-state index is 0.264. The van der Waals surface area contributed by atoms with Gasteiger partial charge in [0.1, 0.15) is 11.3 Å². The molecule has 1 fully saturated rings. The Balaban J connectivity index is 1.54. The quantitative estimate of drug-likeness (QED) is 0.635. The number of ether oxygens (including phenoxy) is 1. The molecule has 1 N–H and O–H groups in total. The molecule has 140 valence electrons. The lowest BCUT2D eigenvalue weighted by atomic mass is 9.80. The number of Topliss-reactive ketones (excluding diaryl/α,β-unsaturated/α-hetero) is 1. The minimum atomic E-state index is -1.01. The number of nitrogens with zero attached hydrogens (tertiary/aromatic N) is 1. The van der Waals surface area contributed by atoms with E-state index in [2.05, 4.69) is 5.32 Å². The first kappa shape index (κ1) is 17.7. The Hall–Kier alpha value is -2.67. The van der Waals surface area contributed by atoms with E-state index in [1.165, 1.54) is 0 Å². The van der Waals surface area contributed by atoms with Gasteiger partial charge in [0, 0.05) is 16.0 Å². The second-order valence-corrected chi connectivity index (χ2v) is 7.72. The molecule has 1 aliphatic carbocycles. The molecule has 3 amide bonds. The molecule has 6 nitrogen and oxygen atoms in total. The standard InChI is InChI=1S/C20H20N2O4S/c1-2-26-14-7-5-13(6-8-14)16(23)12-22-18(24)20(21-19(22)25)10-3-4-17-15(20)9-11-27-17/h5-9,11H,2-4,10,12H2,1H3,(H,21,25)/t20-/m1/s1. The van der Waals surface area contributed by atoms with Crippen molar-refractivity contribution >= 4 is 29.1 Å². The topological polar surface area (TPSA) is 75.7 Å². The fourth-order valence-electron chi connectivity index (χ4n) is 3.82. The number of nitrogens with one attached hydrogen (secondary N) is 1. The van der Waals surface area contributed by atoms with Crippen LogP contribution in [0.25, 0.3) is 0 Å². The number of urea groups is 1. The second-order valence-electron chi connectivity index (χ2n) is 6.72. The Bertz CT molecular complexity index is 905. The summed E-state index contributed by atoms with van der Waals surface area (Å²) in [7, 11) is 0. The van der Waals surface area contributed by atoms with Gasteiger partial charge in [0.25, 0.3) is 5.91 Å². The number of thiophene rings is 1. The zero-order chi connectivity index (χ0) is 19.0. The Kier molecular flexibility index (Phi) is 4.47. The van der Waals surface area contributed by atoms with Gasteiger partial charge in [0.2, 0.25) is 0 Å². The molecule has 1 spiro atoms. The maximum Gasteiger partial charge on any atom is 0.325 e. The lowest BCUT2D eigenvalue weighted by molar-refractivity contribution is -0.131. The lowest BCUT2D eigenvalue weighted by Gasteiger charge is -2.31. The van der Waals surface area contributed by atoms with Crippen LogP contribution in [0.1, 0.15) is 40.6 Å². The number of fused-ring (bicyclic) bond motifs is 2. The molecule has 27 heavy (non-hydrogen) atoms. The van der Waals surface area contributed by atoms with E-state index in [0.717, 1.165) is 28.2 Å². The predicted octanol–water partition coefficient (Wildman–Crippen LogP) is 3.11. The van der Waals surface area contributed by atoms with Crippen LogP contribution in [0, 0.1) is 0 Å². The Morgan fingerprint density at radius 3 is 2.78 bits per heavy atom. The van der Waals surface area contributed by atoms with E-state index in [1.54, 1.807) is 35.6 Å². The molecule has 0 unspecified atom stereocenters. The van der Waals surface area contributed by atoms with E-state index in [-0.39, 0.29) is 18.2 Å². The molecule has 0 saturated carbocycles. The van der Waals surface area contributed by atoms with Crippen molar-refractivity contribution in [2.45, 2.75) is 31.7 Å². The first-order valence-corrected chi connectivity index (χ1v) is 9.90. The molecule has 1 atom stereocenters. The monoisotopic (exact) mass is 384 g/mol. The zero-order valence-electron chi connectivity index (χ0n) is 15.0. The highest BCUT2D eigenvalue weighted by molar-refractivity contribution is 7.10. The first-order chi connectivity index (χ1) is 13.0. The summed E-state index contributed by atoms with van der Waals surface area (Å²) in [6.45, 7) is 2.17. The van der Waals surface area contributed by atoms with Crippen molar-refractivity contribution < 1.29 is 19.1 Å². The van der Waals surface area contributed by atoms with Crippen molar-refractivity contribution in [1.82, 2.24) is 10.2 Å². The molecule has 2 aromatic rings. The number of rotatable bonds is 5. The van der Waals surface area contributed by atoms with Gasteiger partial charge in [-0.25, -0.2) is 4.79 Å². The van der Waals surface area contributed by atoms with E-state index in [9.17, 15) is 14.4 Å². The molecular formula is C20H20N2O4S. The molecule has 2 heterocycles. The van der Waals surface area contributed by atoms with Gasteiger partial charge >= 0.3 is 6.03 Å². The average molecular weight is 384 g/mol. The van der Waals surface area contributed by atoms with E-state index in [1.807, 2.05) is 18.4 Å². The zero-order valence-corrected chi connectivity index (χ0v) is 15.8. The fourth-order valence-corrected chi connectivity index (χ4v) is 4.82. The van der Waals surface area contributed by atoms with Crippen molar-refractivity contribution in [3.05, 3.63) is 51.7 Å². The predicted molar refractivity (Wildman–Crippen MR) is 101 cm³/mol. The molecule has 1 saturated heterocycles. The van der Waals surface area contributed by atoms with Crippen LogP contribution in [0.5, 0.6) is 5.75 Å². The van der Waals surface area contributed by atoms with Crippen molar-refractivity contribution in [1.29, 1.82) is 0 Å². The summed E-state index contributed by atoms with van der Waals surface area (Å²) >= 11 is 1.61. The summed E-state index contributed by atoms with van der Waals surface area (Å²) in [5.41, 5.74) is 0.317. The summed E-state index contributed by atoms with van der Waals surface area (Å²) in [4.78, 5) is 40.5. The minimum Gasteiger partial charge on any atom is -0.494 e. The van der Waals surface area contributed by atoms with Gasteiger partial charge in [-0.1, -0.05) is 0 Å². The van der Waals surface area contributed by atoms with Gasteiger partial charge in [-0.05, 0) is 61.9 Å². The molecule has 1 aliphatic heterocycles. The third-order valence-corrected chi connectivity index (χ3v) is 6.11. The Labute approximate surface area is 161 Å². The van der Waals surface area contributed by atoms with Crippen molar-refractivity contribution in [3.63, 3.8) is 0 Å². The third-order valence-electron chi connectivity index (χ3n) is 5.13. The van der Waals surface area contributed by atoms with Crippen molar-refractivity contribution in [2.75, 3.05) is 13.2 Å². The Morgan fingerprint density at radius 2 is 2.04 bits per heavy atom. The molecule has 0 radical (unpaired) electrons.